The van der Waals surface area contributed by atoms with Crippen molar-refractivity contribution in [3.63, 3.8) is 0 Å². The summed E-state index contributed by atoms with van der Waals surface area (Å²) in [4.78, 5) is 1.80. The molecule has 6 N–H and O–H groups in total. The summed E-state index contributed by atoms with van der Waals surface area (Å²) in [5.74, 6) is 0. The van der Waals surface area contributed by atoms with Crippen molar-refractivity contribution in [2.75, 3.05) is 33.2 Å². The molecule has 0 radical (unpaired) electrons. The summed E-state index contributed by atoms with van der Waals surface area (Å²) in [6.45, 7) is 1.41. The van der Waals surface area contributed by atoms with E-state index in [-0.39, 0.29) is 13.1 Å². The molecule has 0 spiro atoms. The first-order valence-electron chi connectivity index (χ1n) is 4.05. The molecule has 74 valence electrons. The van der Waals surface area contributed by atoms with Gasteiger partial charge < -0.3 is 26.6 Å². The Hall–Kier alpha value is -0.200. The summed E-state index contributed by atoms with van der Waals surface area (Å²) >= 11 is 0. The molecular weight excluding hydrogens is 158 g/mol. The van der Waals surface area contributed by atoms with E-state index >= 15 is 0 Å². The highest BCUT2D eigenvalue weighted by Crippen LogP contribution is 1.90. The zero-order chi connectivity index (χ0) is 9.56. The van der Waals surface area contributed by atoms with Crippen LogP contribution in [0.25, 0.3) is 0 Å². The molecule has 0 heterocycles. The Morgan fingerprint density at radius 1 is 1.08 bits per heavy atom. The molecule has 0 aliphatic heterocycles. The van der Waals surface area contributed by atoms with E-state index in [1.807, 2.05) is 0 Å². The van der Waals surface area contributed by atoms with Crippen LogP contribution in [0.3, 0.4) is 0 Å². The van der Waals surface area contributed by atoms with Crippen LogP contribution in [0.4, 0.5) is 0 Å². The first kappa shape index (κ1) is 11.8. The summed E-state index contributed by atoms with van der Waals surface area (Å²) in [6.07, 6.45) is -1.06. The Bertz CT molecular complexity index is 101. The zero-order valence-corrected chi connectivity index (χ0v) is 7.48. The molecule has 0 saturated carbocycles. The van der Waals surface area contributed by atoms with E-state index in [9.17, 15) is 0 Å². The maximum Gasteiger partial charge on any atom is 0.0789 e. The Morgan fingerprint density at radius 2 is 1.42 bits per heavy atom. The average Bonchev–Trinajstić information content (AvgIpc) is 2.03. The lowest BCUT2D eigenvalue weighted by atomic mass is 10.3. The molecule has 0 amide bonds. The van der Waals surface area contributed by atoms with Crippen molar-refractivity contribution in [2.24, 2.45) is 11.5 Å². The number of hydrogen-bond donors (Lipinski definition) is 4. The van der Waals surface area contributed by atoms with Crippen molar-refractivity contribution < 1.29 is 10.2 Å². The Morgan fingerprint density at radius 3 is 1.67 bits per heavy atom. The minimum atomic E-state index is -0.528. The van der Waals surface area contributed by atoms with E-state index in [0.29, 0.717) is 13.1 Å². The fraction of sp³-hybridized carbons (Fsp3) is 1.00. The van der Waals surface area contributed by atoms with Crippen LogP contribution in [0.2, 0.25) is 0 Å². The summed E-state index contributed by atoms with van der Waals surface area (Å²) in [7, 11) is 1.80. The van der Waals surface area contributed by atoms with Gasteiger partial charge in [-0.2, -0.15) is 0 Å². The minimum Gasteiger partial charge on any atom is -0.390 e. The van der Waals surface area contributed by atoms with Crippen molar-refractivity contribution in [1.29, 1.82) is 0 Å². The van der Waals surface area contributed by atoms with Crippen molar-refractivity contribution >= 4 is 0 Å². The monoisotopic (exact) mass is 177 g/mol. The number of nitrogens with zero attached hydrogens (tertiary/aromatic N) is 1. The number of aliphatic hydroxyl groups is 2. The first-order chi connectivity index (χ1) is 5.60. The predicted molar refractivity (Wildman–Crippen MR) is 47.6 cm³/mol. The van der Waals surface area contributed by atoms with E-state index in [0.717, 1.165) is 0 Å². The van der Waals surface area contributed by atoms with Crippen LogP contribution >= 0.6 is 0 Å². The highest BCUT2D eigenvalue weighted by Gasteiger charge is 2.09. The molecule has 12 heavy (non-hydrogen) atoms. The molecular formula is C7H19N3O2. The highest BCUT2D eigenvalue weighted by molar-refractivity contribution is 4.66. The van der Waals surface area contributed by atoms with Crippen molar-refractivity contribution in [1.82, 2.24) is 4.90 Å². The third kappa shape index (κ3) is 5.45. The largest absolute Gasteiger partial charge is 0.390 e. The number of aliphatic hydroxyl groups excluding tert-OH is 2. The van der Waals surface area contributed by atoms with Crippen LogP contribution in [0, 0.1) is 0 Å². The van der Waals surface area contributed by atoms with Gasteiger partial charge in [0.2, 0.25) is 0 Å². The highest BCUT2D eigenvalue weighted by atomic mass is 16.3. The van der Waals surface area contributed by atoms with Gasteiger partial charge in [0.05, 0.1) is 12.2 Å². The fourth-order valence-corrected chi connectivity index (χ4v) is 0.943. The van der Waals surface area contributed by atoms with Gasteiger partial charge in [-0.15, -0.1) is 0 Å². The third-order valence-electron chi connectivity index (χ3n) is 1.59. The second-order valence-corrected chi connectivity index (χ2v) is 3.00. The van der Waals surface area contributed by atoms with E-state index in [2.05, 4.69) is 0 Å². The van der Waals surface area contributed by atoms with Gasteiger partial charge in [-0.25, -0.2) is 0 Å². The van der Waals surface area contributed by atoms with E-state index in [1.165, 1.54) is 0 Å². The predicted octanol–water partition coefficient (Wildman–Crippen LogP) is -2.44. The summed E-state index contributed by atoms with van der Waals surface area (Å²) < 4.78 is 0. The zero-order valence-electron chi connectivity index (χ0n) is 7.48. The average molecular weight is 177 g/mol. The van der Waals surface area contributed by atoms with Gasteiger partial charge in [-0.3, -0.25) is 0 Å². The number of rotatable bonds is 6. The first-order valence-corrected chi connectivity index (χ1v) is 4.05. The smallest absolute Gasteiger partial charge is 0.0789 e. The van der Waals surface area contributed by atoms with Crippen LogP contribution in [0.5, 0.6) is 0 Å². The molecule has 5 heteroatoms. The molecule has 5 nitrogen and oxygen atoms in total. The molecule has 0 unspecified atom stereocenters. The Kier molecular flexibility index (Phi) is 6.23. The lowest BCUT2D eigenvalue weighted by Crippen LogP contribution is -2.40. The lowest BCUT2D eigenvalue weighted by molar-refractivity contribution is 0.0903. The van der Waals surface area contributed by atoms with Crippen molar-refractivity contribution in [2.45, 2.75) is 12.2 Å². The van der Waals surface area contributed by atoms with Gasteiger partial charge in [0.25, 0.3) is 0 Å². The van der Waals surface area contributed by atoms with E-state index in [1.54, 1.807) is 11.9 Å². The molecule has 0 aromatic heterocycles. The quantitative estimate of drug-likeness (QED) is 0.361. The van der Waals surface area contributed by atoms with Gasteiger partial charge in [-0.05, 0) is 7.05 Å². The summed E-state index contributed by atoms with van der Waals surface area (Å²) in [5.41, 5.74) is 10.4. The van der Waals surface area contributed by atoms with Crippen molar-refractivity contribution in [3.8, 4) is 0 Å². The maximum absolute atomic E-state index is 9.13. The molecule has 0 aliphatic carbocycles. The Balaban J connectivity index is 3.51. The molecule has 0 rings (SSSR count). The van der Waals surface area contributed by atoms with Crippen LogP contribution in [0.15, 0.2) is 0 Å². The van der Waals surface area contributed by atoms with Crippen LogP contribution in [-0.4, -0.2) is 60.5 Å². The number of hydrogen-bond acceptors (Lipinski definition) is 5. The molecule has 0 aliphatic rings. The second kappa shape index (κ2) is 6.33. The van der Waals surface area contributed by atoms with Gasteiger partial charge in [0, 0.05) is 26.2 Å². The third-order valence-corrected chi connectivity index (χ3v) is 1.59. The number of likely N-dealkylation sites (N-methyl/N-ethyl adjacent to an activating group) is 1. The Labute approximate surface area is 73.0 Å². The standard InChI is InChI=1S/C7H19N3O2/c1-10(4-6(11)2-8)5-7(12)3-9/h6-7,11-12H,2-5,8-9H2,1H3/t6-,7-/m1/s1. The van der Waals surface area contributed by atoms with E-state index < -0.39 is 12.2 Å². The lowest BCUT2D eigenvalue weighted by Gasteiger charge is -2.21. The maximum atomic E-state index is 9.13. The number of nitrogens with two attached hydrogens (primary N) is 2. The van der Waals surface area contributed by atoms with Crippen molar-refractivity contribution in [3.05, 3.63) is 0 Å². The van der Waals surface area contributed by atoms with Gasteiger partial charge in [-0.1, -0.05) is 0 Å². The van der Waals surface area contributed by atoms with E-state index in [4.69, 9.17) is 21.7 Å². The van der Waals surface area contributed by atoms with Gasteiger partial charge in [0.1, 0.15) is 0 Å². The molecule has 0 aromatic carbocycles. The normalized spacial score (nSPS) is 16.5. The van der Waals surface area contributed by atoms with Crippen LogP contribution in [-0.2, 0) is 0 Å². The van der Waals surface area contributed by atoms with Gasteiger partial charge in [0.15, 0.2) is 0 Å². The topological polar surface area (TPSA) is 95.7 Å². The molecule has 0 fully saturated rings. The SMILES string of the molecule is CN(C[C@H](O)CN)C[C@H](O)CN. The minimum absolute atomic E-state index is 0.239. The summed E-state index contributed by atoms with van der Waals surface area (Å²) in [6, 6.07) is 0. The van der Waals surface area contributed by atoms with Crippen LogP contribution < -0.4 is 11.5 Å². The molecule has 0 saturated heterocycles. The van der Waals surface area contributed by atoms with Crippen LogP contribution in [0.1, 0.15) is 0 Å². The molecule has 0 bridgehead atoms. The van der Waals surface area contributed by atoms with Gasteiger partial charge >= 0.3 is 0 Å². The second-order valence-electron chi connectivity index (χ2n) is 3.00. The fourth-order valence-electron chi connectivity index (χ4n) is 0.943. The molecule has 0 aromatic rings. The summed E-state index contributed by atoms with van der Waals surface area (Å²) in [5, 5.41) is 18.3. The molecule has 2 atom stereocenters.